The molecule has 0 aromatic heterocycles. The number of carbonyl (C=O) groups is 6. The highest BCUT2D eigenvalue weighted by Crippen LogP contribution is 2.38. The van der Waals surface area contributed by atoms with Crippen molar-refractivity contribution in [3.63, 3.8) is 0 Å². The van der Waals surface area contributed by atoms with Crippen LogP contribution in [0.2, 0.25) is 0 Å². The fourth-order valence-electron chi connectivity index (χ4n) is 8.17. The molecule has 52 heavy (non-hydrogen) atoms. The van der Waals surface area contributed by atoms with Crippen LogP contribution in [0.15, 0.2) is 0 Å². The number of amides is 5. The number of nitrogens with two attached hydrogens (primary N) is 1. The van der Waals surface area contributed by atoms with Crippen LogP contribution in [0.3, 0.4) is 0 Å². The molecule has 10 atom stereocenters. The molecule has 0 aromatic rings. The first-order valence-electron chi connectivity index (χ1n) is 19.7. The predicted octanol–water partition coefficient (Wildman–Crippen LogP) is 1.91. The van der Waals surface area contributed by atoms with E-state index in [0.29, 0.717) is 49.9 Å². The van der Waals surface area contributed by atoms with Crippen molar-refractivity contribution in [3.8, 4) is 0 Å². The molecule has 14 nitrogen and oxygen atoms in total. The summed E-state index contributed by atoms with van der Waals surface area (Å²) in [6, 6.07) is -4.66. The average molecular weight is 735 g/mol. The number of cyclic esters (lactones) is 1. The number of likely N-dealkylation sites (N-methyl/N-ethyl adjacent to an activating group) is 1. The van der Waals surface area contributed by atoms with Crippen molar-refractivity contribution in [3.05, 3.63) is 0 Å². The zero-order valence-electron chi connectivity index (χ0n) is 32.3. The van der Waals surface area contributed by atoms with E-state index in [1.54, 1.807) is 14.0 Å². The van der Waals surface area contributed by atoms with E-state index in [-0.39, 0.29) is 18.4 Å². The van der Waals surface area contributed by atoms with Crippen LogP contribution in [0, 0.1) is 29.6 Å². The van der Waals surface area contributed by atoms with Crippen LogP contribution in [-0.4, -0.2) is 102 Å². The molecule has 1 saturated heterocycles. The smallest absolute Gasteiger partial charge is 0.325 e. The lowest BCUT2D eigenvalue weighted by Crippen LogP contribution is -2.62. The molecular formula is C38H66N6O8. The van der Waals surface area contributed by atoms with Crippen LogP contribution in [0.5, 0.6) is 0 Å². The summed E-state index contributed by atoms with van der Waals surface area (Å²) in [6.07, 6.45) is 8.45. The van der Waals surface area contributed by atoms with E-state index in [4.69, 9.17) is 10.5 Å². The maximum atomic E-state index is 14.2. The zero-order chi connectivity index (χ0) is 38.5. The Labute approximate surface area is 309 Å². The Morgan fingerprint density at radius 1 is 0.865 bits per heavy atom. The average Bonchev–Trinajstić information content (AvgIpc) is 3.38. The van der Waals surface area contributed by atoms with Gasteiger partial charge in [-0.15, -0.1) is 0 Å². The molecule has 5 amide bonds. The maximum Gasteiger partial charge on any atom is 0.325 e. The van der Waals surface area contributed by atoms with E-state index in [2.05, 4.69) is 35.1 Å². The third kappa shape index (κ3) is 12.1. The number of carbonyl (C=O) groups excluding carboxylic acids is 6. The summed E-state index contributed by atoms with van der Waals surface area (Å²) >= 11 is 0. The first-order chi connectivity index (χ1) is 24.7. The van der Waals surface area contributed by atoms with Crippen molar-refractivity contribution >= 4 is 35.5 Å². The van der Waals surface area contributed by atoms with Gasteiger partial charge in [-0.25, -0.2) is 0 Å². The first kappa shape index (κ1) is 43.1. The number of ether oxygens (including phenoxy) is 1. The van der Waals surface area contributed by atoms with Crippen LogP contribution in [0.4, 0.5) is 0 Å². The van der Waals surface area contributed by atoms with Gasteiger partial charge >= 0.3 is 5.97 Å². The molecular weight excluding hydrogens is 668 g/mol. The largest absolute Gasteiger partial charge is 0.460 e. The Morgan fingerprint density at radius 3 is 2.12 bits per heavy atom. The van der Waals surface area contributed by atoms with Crippen LogP contribution >= 0.6 is 0 Å². The first-order valence-corrected chi connectivity index (χ1v) is 19.7. The van der Waals surface area contributed by atoms with Gasteiger partial charge in [-0.2, -0.15) is 0 Å². The summed E-state index contributed by atoms with van der Waals surface area (Å²) < 4.78 is 5.90. The van der Waals surface area contributed by atoms with Gasteiger partial charge in [0.25, 0.3) is 0 Å². The minimum absolute atomic E-state index is 0.214. The molecule has 0 spiro atoms. The van der Waals surface area contributed by atoms with E-state index in [1.165, 1.54) is 18.2 Å². The van der Waals surface area contributed by atoms with Gasteiger partial charge in [0.05, 0.1) is 12.0 Å². The van der Waals surface area contributed by atoms with E-state index < -0.39 is 78.4 Å². The number of esters is 1. The molecule has 3 fully saturated rings. The number of rotatable bonds is 9. The van der Waals surface area contributed by atoms with E-state index in [9.17, 15) is 33.9 Å². The number of aliphatic hydroxyl groups excluding tert-OH is 1. The van der Waals surface area contributed by atoms with Gasteiger partial charge in [-0.3, -0.25) is 28.8 Å². The summed E-state index contributed by atoms with van der Waals surface area (Å²) in [5, 5.41) is 20.9. The van der Waals surface area contributed by atoms with Gasteiger partial charge in [-0.1, -0.05) is 66.2 Å². The molecule has 14 heteroatoms. The highest BCUT2D eigenvalue weighted by molar-refractivity contribution is 5.96. The van der Waals surface area contributed by atoms with Gasteiger partial charge in [-0.05, 0) is 75.5 Å². The third-order valence-corrected chi connectivity index (χ3v) is 11.6. The lowest BCUT2D eigenvalue weighted by atomic mass is 9.85. The lowest BCUT2D eigenvalue weighted by Gasteiger charge is -2.34. The normalized spacial score (nSPS) is 32.6. The molecule has 1 aliphatic heterocycles. The summed E-state index contributed by atoms with van der Waals surface area (Å²) in [5.41, 5.74) is 5.92. The fraction of sp³-hybridized carbons (Fsp3) is 0.842. The summed E-state index contributed by atoms with van der Waals surface area (Å²) in [6.45, 7) is 8.46. The number of nitrogens with one attached hydrogen (secondary N) is 4. The molecule has 3 rings (SSSR count). The second-order valence-electron chi connectivity index (χ2n) is 15.8. The third-order valence-electron chi connectivity index (χ3n) is 11.6. The molecule has 3 aliphatic rings. The molecule has 2 aliphatic carbocycles. The summed E-state index contributed by atoms with van der Waals surface area (Å²) in [4.78, 5) is 83.4. The highest BCUT2D eigenvalue weighted by Gasteiger charge is 2.39. The van der Waals surface area contributed by atoms with Gasteiger partial charge in [0.2, 0.25) is 29.5 Å². The predicted molar refractivity (Wildman–Crippen MR) is 196 cm³/mol. The minimum atomic E-state index is -1.47. The molecule has 0 radical (unpaired) electrons. The van der Waals surface area contributed by atoms with Crippen LogP contribution in [0.1, 0.15) is 118 Å². The second-order valence-corrected chi connectivity index (χ2v) is 15.8. The molecule has 0 bridgehead atoms. The van der Waals surface area contributed by atoms with Crippen molar-refractivity contribution < 1.29 is 38.6 Å². The molecule has 1 heterocycles. The van der Waals surface area contributed by atoms with Gasteiger partial charge < -0.3 is 41.7 Å². The molecule has 3 unspecified atom stereocenters. The maximum absolute atomic E-state index is 14.2. The van der Waals surface area contributed by atoms with Gasteiger partial charge in [0, 0.05) is 13.6 Å². The molecule has 2 saturated carbocycles. The fourth-order valence-corrected chi connectivity index (χ4v) is 8.17. The van der Waals surface area contributed by atoms with Crippen LogP contribution < -0.4 is 27.0 Å². The van der Waals surface area contributed by atoms with Crippen molar-refractivity contribution in [2.75, 3.05) is 20.1 Å². The highest BCUT2D eigenvalue weighted by atomic mass is 16.5. The van der Waals surface area contributed by atoms with Crippen molar-refractivity contribution in [2.24, 2.45) is 35.3 Å². The van der Waals surface area contributed by atoms with E-state index >= 15 is 0 Å². The number of nitrogens with zero attached hydrogens (tertiary/aromatic N) is 1. The Kier molecular flexibility index (Phi) is 17.3. The standard InChI is InChI=1S/C38H66N6O8/c1-7-12-29-35(48)43-33(26-13-10-8-9-11-14-26)37(50)41-28(20-39)34(47)42-32(25(5)45)36(49)40-21-31(46)52-30(24(4)38(51)44(29)6)18-16-23(3)27-17-15-22(2)19-27/h22-30,32-33,45H,7-21,39H2,1-6H3,(H,40,49)(H,41,50)(H,42,47)(H,43,48)/t22?,23?,24-,25+,27?,28+,29+,30-,32+,33+/m1/s1. The van der Waals surface area contributed by atoms with Crippen LogP contribution in [0.25, 0.3) is 0 Å². The summed E-state index contributed by atoms with van der Waals surface area (Å²) in [7, 11) is 1.56. The van der Waals surface area contributed by atoms with Gasteiger partial charge in [0.15, 0.2) is 0 Å². The van der Waals surface area contributed by atoms with Crippen molar-refractivity contribution in [1.29, 1.82) is 0 Å². The van der Waals surface area contributed by atoms with Gasteiger partial charge in [0.1, 0.15) is 36.8 Å². The number of hydrogen-bond acceptors (Lipinski definition) is 9. The second kappa shape index (κ2) is 20.8. The molecule has 296 valence electrons. The number of aliphatic hydroxyl groups is 1. The Bertz CT molecular complexity index is 1220. The van der Waals surface area contributed by atoms with Crippen LogP contribution in [-0.2, 0) is 33.5 Å². The minimum Gasteiger partial charge on any atom is -0.460 e. The monoisotopic (exact) mass is 734 g/mol. The van der Waals surface area contributed by atoms with Crippen molar-refractivity contribution in [2.45, 2.75) is 154 Å². The van der Waals surface area contributed by atoms with E-state index in [0.717, 1.165) is 44.9 Å². The number of hydrogen-bond donors (Lipinski definition) is 6. The molecule has 0 aromatic carbocycles. The van der Waals surface area contributed by atoms with E-state index in [1.807, 2.05) is 6.92 Å². The van der Waals surface area contributed by atoms with Crippen molar-refractivity contribution in [1.82, 2.24) is 26.2 Å². The SMILES string of the molecule is CCC[C@H]1C(=O)N[C@@H](C2CCCCCC2)C(=O)N[C@@H](CN)C(=O)N[C@@H]([C@H](C)O)C(=O)NCC(=O)O[C@H](CCC(C)C2CCC(C)C2)[C@@H](C)C(=O)N1C. The zero-order valence-corrected chi connectivity index (χ0v) is 32.3. The Balaban J connectivity index is 1.99. The summed E-state index contributed by atoms with van der Waals surface area (Å²) in [5.74, 6) is -3.35. The Hall–Kier alpha value is -3.26. The molecule has 7 N–H and O–H groups in total. The topological polar surface area (TPSA) is 209 Å². The lowest BCUT2D eigenvalue weighted by molar-refractivity contribution is -0.158. The quantitative estimate of drug-likeness (QED) is 0.151. The Morgan fingerprint density at radius 2 is 1.54 bits per heavy atom.